The average Bonchev–Trinajstić information content (AvgIpc) is 2.35. The molecule has 2 aliphatic rings. The summed E-state index contributed by atoms with van der Waals surface area (Å²) in [4.78, 5) is 12.3. The lowest BCUT2D eigenvalue weighted by molar-refractivity contribution is -0.126. The third-order valence-corrected chi connectivity index (χ3v) is 4.44. The van der Waals surface area contributed by atoms with Gasteiger partial charge in [-0.1, -0.05) is 31.4 Å². The number of rotatable bonds is 0. The van der Waals surface area contributed by atoms with E-state index in [-0.39, 0.29) is 11.6 Å². The average molecular weight is 232 g/mol. The van der Waals surface area contributed by atoms with E-state index in [0.29, 0.717) is 12.8 Å². The van der Waals surface area contributed by atoms with Crippen molar-refractivity contribution in [2.24, 2.45) is 0 Å². The fraction of sp³-hybridized carbons (Fsp3) is 0.533. The number of ketones is 1. The Bertz CT molecular complexity index is 458. The van der Waals surface area contributed by atoms with Crippen molar-refractivity contribution in [1.29, 1.82) is 0 Å². The number of hydrogen-bond acceptors (Lipinski definition) is 1. The Morgan fingerprint density at radius 1 is 1.06 bits per heavy atom. The van der Waals surface area contributed by atoms with Crippen molar-refractivity contribution >= 4 is 5.78 Å². The van der Waals surface area contributed by atoms with Crippen molar-refractivity contribution in [3.63, 3.8) is 0 Å². The van der Waals surface area contributed by atoms with Gasteiger partial charge in [0.15, 0.2) is 0 Å². The van der Waals surface area contributed by atoms with Crippen molar-refractivity contribution in [2.45, 2.75) is 50.4 Å². The molecule has 1 fully saturated rings. The Morgan fingerprint density at radius 2 is 1.82 bits per heavy atom. The lowest BCUT2D eigenvalue weighted by Crippen LogP contribution is -2.42. The predicted octanol–water partition coefficient (Wildman–Crippen LogP) is 3.54. The monoisotopic (exact) mass is 232 g/mol. The Labute approximate surface area is 101 Å². The lowest BCUT2D eigenvalue weighted by atomic mass is 9.61. The number of aryl methyl sites for hydroxylation is 1. The molecule has 0 radical (unpaired) electrons. The molecule has 1 saturated carbocycles. The molecule has 1 nitrogen and oxygen atoms in total. The first kappa shape index (κ1) is 10.9. The normalized spacial score (nSPS) is 22.5. The molecule has 1 aromatic carbocycles. The molecule has 0 atom stereocenters. The van der Waals surface area contributed by atoms with Crippen LogP contribution >= 0.6 is 0 Å². The van der Waals surface area contributed by atoms with Gasteiger partial charge in [0, 0.05) is 12.0 Å². The van der Waals surface area contributed by atoms with Gasteiger partial charge in [-0.2, -0.15) is 0 Å². The number of hydrogen-bond donors (Lipinski definition) is 0. The Morgan fingerprint density at radius 3 is 2.59 bits per heavy atom. The predicted molar refractivity (Wildman–Crippen MR) is 64.5 cm³/mol. The maximum Gasteiger partial charge on any atom is 0.143 e. The third-order valence-electron chi connectivity index (χ3n) is 4.44. The Balaban J connectivity index is 2.18. The molecule has 17 heavy (non-hydrogen) atoms. The number of fused-ring (bicyclic) bond motifs is 2. The molecule has 2 aliphatic carbocycles. The van der Waals surface area contributed by atoms with Crippen LogP contribution in [-0.4, -0.2) is 5.78 Å². The van der Waals surface area contributed by atoms with E-state index in [1.807, 2.05) is 6.07 Å². The zero-order valence-electron chi connectivity index (χ0n) is 9.97. The zero-order chi connectivity index (χ0) is 11.9. The molecule has 1 aromatic rings. The van der Waals surface area contributed by atoms with E-state index in [1.54, 1.807) is 6.07 Å². The molecule has 0 heterocycles. The van der Waals surface area contributed by atoms with E-state index >= 15 is 0 Å². The van der Waals surface area contributed by atoms with Crippen LogP contribution in [-0.2, 0) is 16.6 Å². The Kier molecular flexibility index (Phi) is 2.53. The van der Waals surface area contributed by atoms with E-state index in [1.165, 1.54) is 12.5 Å². The van der Waals surface area contributed by atoms with Gasteiger partial charge >= 0.3 is 0 Å². The molecular formula is C15H17FO. The first-order chi connectivity index (χ1) is 8.24. The van der Waals surface area contributed by atoms with E-state index in [2.05, 4.69) is 0 Å². The summed E-state index contributed by atoms with van der Waals surface area (Å²) in [5.41, 5.74) is 1.32. The second-order valence-corrected chi connectivity index (χ2v) is 5.34. The van der Waals surface area contributed by atoms with E-state index in [4.69, 9.17) is 0 Å². The van der Waals surface area contributed by atoms with Gasteiger partial charge < -0.3 is 0 Å². The topological polar surface area (TPSA) is 17.1 Å². The van der Waals surface area contributed by atoms with Gasteiger partial charge in [-0.05, 0) is 30.9 Å². The van der Waals surface area contributed by atoms with Gasteiger partial charge in [-0.15, -0.1) is 0 Å². The molecule has 0 bridgehead atoms. The maximum atomic E-state index is 14.1. The second kappa shape index (κ2) is 3.94. The molecule has 0 amide bonds. The third kappa shape index (κ3) is 1.54. The van der Waals surface area contributed by atoms with Crippen LogP contribution in [0.25, 0.3) is 0 Å². The molecule has 0 saturated heterocycles. The van der Waals surface area contributed by atoms with Crippen LogP contribution in [0, 0.1) is 5.82 Å². The SMILES string of the molecule is O=C1CCc2cccc(F)c2C12CCCCC2. The second-order valence-electron chi connectivity index (χ2n) is 5.34. The standard InChI is InChI=1S/C15H17FO/c16-12-6-4-5-11-7-8-13(17)15(14(11)12)9-2-1-3-10-15/h4-6H,1-3,7-10H2. The molecule has 0 N–H and O–H groups in total. The largest absolute Gasteiger partial charge is 0.299 e. The first-order valence-electron chi connectivity index (χ1n) is 6.55. The smallest absolute Gasteiger partial charge is 0.143 e. The van der Waals surface area contributed by atoms with E-state index in [9.17, 15) is 9.18 Å². The minimum atomic E-state index is -0.475. The zero-order valence-corrected chi connectivity index (χ0v) is 9.97. The summed E-state index contributed by atoms with van der Waals surface area (Å²) < 4.78 is 14.1. The first-order valence-corrected chi connectivity index (χ1v) is 6.55. The van der Waals surface area contributed by atoms with Crippen LogP contribution in [0.1, 0.15) is 49.7 Å². The summed E-state index contributed by atoms with van der Waals surface area (Å²) in [7, 11) is 0. The van der Waals surface area contributed by atoms with Crippen LogP contribution < -0.4 is 0 Å². The highest BCUT2D eigenvalue weighted by atomic mass is 19.1. The fourth-order valence-corrected chi connectivity index (χ4v) is 3.62. The fourth-order valence-electron chi connectivity index (χ4n) is 3.62. The van der Waals surface area contributed by atoms with Crippen molar-refractivity contribution in [2.75, 3.05) is 0 Å². The summed E-state index contributed by atoms with van der Waals surface area (Å²) in [6.07, 6.45) is 6.29. The van der Waals surface area contributed by atoms with Crippen molar-refractivity contribution < 1.29 is 9.18 Å². The minimum absolute atomic E-state index is 0.169. The number of Topliss-reactive ketones (excluding diaryl/α,β-unsaturated/α-hetero) is 1. The summed E-state index contributed by atoms with van der Waals surface area (Å²) in [5, 5.41) is 0. The van der Waals surface area contributed by atoms with Gasteiger partial charge in [0.25, 0.3) is 0 Å². The summed E-state index contributed by atoms with van der Waals surface area (Å²) >= 11 is 0. The van der Waals surface area contributed by atoms with Gasteiger partial charge in [0.05, 0.1) is 5.41 Å². The molecule has 0 aliphatic heterocycles. The molecule has 90 valence electrons. The van der Waals surface area contributed by atoms with Crippen molar-refractivity contribution in [3.8, 4) is 0 Å². The number of halogens is 1. The quantitative estimate of drug-likeness (QED) is 0.668. The van der Waals surface area contributed by atoms with E-state index < -0.39 is 5.41 Å². The summed E-state index contributed by atoms with van der Waals surface area (Å²) in [6.45, 7) is 0. The lowest BCUT2D eigenvalue weighted by Gasteiger charge is -2.40. The summed E-state index contributed by atoms with van der Waals surface area (Å²) in [5.74, 6) is 0.104. The summed E-state index contributed by atoms with van der Waals surface area (Å²) in [6, 6.07) is 5.26. The van der Waals surface area contributed by atoms with Crippen molar-refractivity contribution in [1.82, 2.24) is 0 Å². The van der Waals surface area contributed by atoms with Gasteiger partial charge in [-0.3, -0.25) is 4.79 Å². The molecule has 0 aromatic heterocycles. The molecule has 2 heteroatoms. The minimum Gasteiger partial charge on any atom is -0.299 e. The van der Waals surface area contributed by atoms with Gasteiger partial charge in [0.2, 0.25) is 0 Å². The van der Waals surface area contributed by atoms with Crippen LogP contribution in [0.4, 0.5) is 4.39 Å². The van der Waals surface area contributed by atoms with Gasteiger partial charge in [-0.25, -0.2) is 4.39 Å². The van der Waals surface area contributed by atoms with Crippen LogP contribution in [0.15, 0.2) is 18.2 Å². The van der Waals surface area contributed by atoms with Crippen molar-refractivity contribution in [3.05, 3.63) is 35.1 Å². The molecule has 3 rings (SSSR count). The number of carbonyl (C=O) groups excluding carboxylic acids is 1. The molecule has 1 spiro atoms. The highest BCUT2D eigenvalue weighted by Gasteiger charge is 2.45. The highest BCUT2D eigenvalue weighted by molar-refractivity contribution is 5.92. The number of carbonyl (C=O) groups is 1. The molecule has 0 unspecified atom stereocenters. The number of benzene rings is 1. The van der Waals surface area contributed by atoms with E-state index in [0.717, 1.165) is 36.8 Å². The van der Waals surface area contributed by atoms with Crippen LogP contribution in [0.3, 0.4) is 0 Å². The maximum absolute atomic E-state index is 14.1. The molecular weight excluding hydrogens is 215 g/mol. The van der Waals surface area contributed by atoms with Gasteiger partial charge in [0.1, 0.15) is 11.6 Å². The van der Waals surface area contributed by atoms with Crippen LogP contribution in [0.5, 0.6) is 0 Å². The van der Waals surface area contributed by atoms with Crippen LogP contribution in [0.2, 0.25) is 0 Å². The highest BCUT2D eigenvalue weighted by Crippen LogP contribution is 2.46. The Hall–Kier alpha value is -1.18.